The van der Waals surface area contributed by atoms with Crippen molar-refractivity contribution in [3.8, 4) is 11.3 Å². The number of thiazole rings is 1. The van der Waals surface area contributed by atoms with E-state index in [9.17, 15) is 4.79 Å². The van der Waals surface area contributed by atoms with Gasteiger partial charge in [0.2, 0.25) is 0 Å². The summed E-state index contributed by atoms with van der Waals surface area (Å²) in [6, 6.07) is 9.80. The number of carbonyl (C=O) groups excluding carboxylic acids is 1. The molecule has 3 heterocycles. The fourth-order valence-corrected chi connectivity index (χ4v) is 5.10. The Bertz CT molecular complexity index is 1230. The number of anilines is 1. The van der Waals surface area contributed by atoms with E-state index in [2.05, 4.69) is 52.5 Å². The van der Waals surface area contributed by atoms with E-state index in [0.717, 1.165) is 33.8 Å². The Hall–Kier alpha value is -2.97. The van der Waals surface area contributed by atoms with Gasteiger partial charge in [0, 0.05) is 28.5 Å². The molecule has 0 aliphatic heterocycles. The maximum absolute atomic E-state index is 13.0. The number of rotatable bonds is 6. The molecule has 0 aliphatic rings. The molecule has 0 atom stereocenters. The van der Waals surface area contributed by atoms with Crippen LogP contribution in [0.5, 0.6) is 0 Å². The standard InChI is InChI=1S/C23H22N4O2S2/c1-13-7-8-17(14(2)10-13)20-12-31-23(25-20)26-21(28)18-6-5-9-24-22(18)30-11-19-15(3)27-29-16(19)4/h5-10,12H,11H2,1-4H3,(H,25,26,28). The van der Waals surface area contributed by atoms with Gasteiger partial charge in [0.1, 0.15) is 10.8 Å². The first-order valence-corrected chi connectivity index (χ1v) is 11.6. The fourth-order valence-electron chi connectivity index (χ4n) is 3.25. The highest BCUT2D eigenvalue weighted by atomic mass is 32.2. The van der Waals surface area contributed by atoms with Gasteiger partial charge in [-0.2, -0.15) is 0 Å². The zero-order valence-corrected chi connectivity index (χ0v) is 19.4. The van der Waals surface area contributed by atoms with E-state index < -0.39 is 0 Å². The van der Waals surface area contributed by atoms with E-state index in [0.29, 0.717) is 21.5 Å². The average molecular weight is 451 g/mol. The summed E-state index contributed by atoms with van der Waals surface area (Å²) >= 11 is 2.90. The van der Waals surface area contributed by atoms with E-state index in [-0.39, 0.29) is 5.91 Å². The van der Waals surface area contributed by atoms with Crippen LogP contribution in [-0.2, 0) is 5.75 Å². The van der Waals surface area contributed by atoms with Gasteiger partial charge in [-0.3, -0.25) is 10.1 Å². The molecular weight excluding hydrogens is 428 g/mol. The molecule has 6 nitrogen and oxygen atoms in total. The minimum absolute atomic E-state index is 0.226. The van der Waals surface area contributed by atoms with Crippen molar-refractivity contribution in [3.05, 3.63) is 75.6 Å². The van der Waals surface area contributed by atoms with E-state index in [4.69, 9.17) is 4.52 Å². The number of aryl methyl sites for hydroxylation is 4. The van der Waals surface area contributed by atoms with Gasteiger partial charge >= 0.3 is 0 Å². The van der Waals surface area contributed by atoms with Crippen molar-refractivity contribution in [2.75, 3.05) is 5.32 Å². The molecule has 31 heavy (non-hydrogen) atoms. The molecule has 8 heteroatoms. The summed E-state index contributed by atoms with van der Waals surface area (Å²) in [7, 11) is 0. The summed E-state index contributed by atoms with van der Waals surface area (Å²) in [5.41, 5.74) is 6.70. The quantitative estimate of drug-likeness (QED) is 0.364. The zero-order valence-electron chi connectivity index (χ0n) is 17.7. The minimum atomic E-state index is -0.226. The van der Waals surface area contributed by atoms with E-state index in [1.807, 2.05) is 19.2 Å². The number of aromatic nitrogens is 3. The predicted molar refractivity (Wildman–Crippen MR) is 125 cm³/mol. The summed E-state index contributed by atoms with van der Waals surface area (Å²) in [6.45, 7) is 7.93. The van der Waals surface area contributed by atoms with Crippen molar-refractivity contribution >= 4 is 34.1 Å². The van der Waals surface area contributed by atoms with Crippen LogP contribution in [0.4, 0.5) is 5.13 Å². The molecule has 1 amide bonds. The summed E-state index contributed by atoms with van der Waals surface area (Å²) in [4.78, 5) is 22.0. The van der Waals surface area contributed by atoms with Gasteiger partial charge in [-0.05, 0) is 45.4 Å². The molecule has 4 aromatic rings. The number of carbonyl (C=O) groups is 1. The highest BCUT2D eigenvalue weighted by Crippen LogP contribution is 2.30. The monoisotopic (exact) mass is 450 g/mol. The van der Waals surface area contributed by atoms with Crippen LogP contribution in [0, 0.1) is 27.7 Å². The van der Waals surface area contributed by atoms with Crippen LogP contribution in [0.1, 0.15) is 38.5 Å². The van der Waals surface area contributed by atoms with Gasteiger partial charge in [-0.1, -0.05) is 28.9 Å². The van der Waals surface area contributed by atoms with Gasteiger partial charge in [0.15, 0.2) is 5.13 Å². The number of nitrogens with zero attached hydrogens (tertiary/aromatic N) is 3. The van der Waals surface area contributed by atoms with E-state index in [1.54, 1.807) is 18.3 Å². The Morgan fingerprint density at radius 1 is 1.19 bits per heavy atom. The molecule has 0 unspecified atom stereocenters. The Balaban J connectivity index is 1.50. The molecule has 0 fully saturated rings. The minimum Gasteiger partial charge on any atom is -0.361 e. The van der Waals surface area contributed by atoms with Crippen LogP contribution in [0.3, 0.4) is 0 Å². The largest absolute Gasteiger partial charge is 0.361 e. The fraction of sp³-hybridized carbons (Fsp3) is 0.217. The van der Waals surface area contributed by atoms with Crippen molar-refractivity contribution in [3.63, 3.8) is 0 Å². The summed E-state index contributed by atoms with van der Waals surface area (Å²) in [5, 5.41) is 10.1. The van der Waals surface area contributed by atoms with Crippen molar-refractivity contribution in [1.29, 1.82) is 0 Å². The number of amides is 1. The third-order valence-electron chi connectivity index (χ3n) is 4.93. The third-order valence-corrected chi connectivity index (χ3v) is 6.72. The van der Waals surface area contributed by atoms with Gasteiger partial charge in [-0.25, -0.2) is 9.97 Å². The number of hydrogen-bond donors (Lipinski definition) is 1. The Labute approximate surface area is 189 Å². The summed E-state index contributed by atoms with van der Waals surface area (Å²) in [5.74, 6) is 1.19. The topological polar surface area (TPSA) is 80.9 Å². The highest BCUT2D eigenvalue weighted by Gasteiger charge is 2.17. The van der Waals surface area contributed by atoms with Crippen molar-refractivity contribution in [2.24, 2.45) is 0 Å². The number of thioether (sulfide) groups is 1. The van der Waals surface area contributed by atoms with Crippen molar-refractivity contribution < 1.29 is 9.32 Å². The lowest BCUT2D eigenvalue weighted by Crippen LogP contribution is -2.13. The molecule has 3 aromatic heterocycles. The second-order valence-corrected chi connectivity index (χ2v) is 9.08. The SMILES string of the molecule is Cc1ccc(-c2csc(NC(=O)c3cccnc3SCc3c(C)noc3C)n2)c(C)c1. The molecule has 158 valence electrons. The molecule has 0 radical (unpaired) electrons. The number of pyridine rings is 1. The maximum Gasteiger partial charge on any atom is 0.260 e. The van der Waals surface area contributed by atoms with Gasteiger partial charge < -0.3 is 4.52 Å². The summed E-state index contributed by atoms with van der Waals surface area (Å²) < 4.78 is 5.22. The van der Waals surface area contributed by atoms with Gasteiger partial charge in [-0.15, -0.1) is 23.1 Å². The Morgan fingerprint density at radius 3 is 2.77 bits per heavy atom. The average Bonchev–Trinajstić information content (AvgIpc) is 3.33. The number of hydrogen-bond acceptors (Lipinski definition) is 7. The first-order valence-electron chi connectivity index (χ1n) is 9.76. The second-order valence-electron chi connectivity index (χ2n) is 7.26. The first-order chi connectivity index (χ1) is 14.9. The molecular formula is C23H22N4O2S2. The molecule has 1 N–H and O–H groups in total. The number of nitrogens with one attached hydrogen (secondary N) is 1. The van der Waals surface area contributed by atoms with Crippen LogP contribution in [0.15, 0.2) is 51.5 Å². The molecule has 0 saturated heterocycles. The van der Waals surface area contributed by atoms with E-state index >= 15 is 0 Å². The lowest BCUT2D eigenvalue weighted by atomic mass is 10.0. The van der Waals surface area contributed by atoms with E-state index in [1.165, 1.54) is 28.7 Å². The Morgan fingerprint density at radius 2 is 2.03 bits per heavy atom. The number of benzene rings is 1. The van der Waals surface area contributed by atoms with Crippen molar-refractivity contribution in [2.45, 2.75) is 38.5 Å². The Kier molecular flexibility index (Phi) is 6.20. The van der Waals surface area contributed by atoms with Gasteiger partial charge in [0.05, 0.1) is 17.0 Å². The summed E-state index contributed by atoms with van der Waals surface area (Å²) in [6.07, 6.45) is 1.69. The lowest BCUT2D eigenvalue weighted by Gasteiger charge is -2.07. The maximum atomic E-state index is 13.0. The smallest absolute Gasteiger partial charge is 0.260 e. The van der Waals surface area contributed by atoms with Crippen LogP contribution >= 0.6 is 23.1 Å². The normalized spacial score (nSPS) is 11.0. The highest BCUT2D eigenvalue weighted by molar-refractivity contribution is 7.98. The van der Waals surface area contributed by atoms with Crippen LogP contribution < -0.4 is 5.32 Å². The van der Waals surface area contributed by atoms with Crippen LogP contribution in [0.25, 0.3) is 11.3 Å². The molecule has 0 spiro atoms. The predicted octanol–water partition coefficient (Wildman–Crippen LogP) is 5.97. The molecule has 0 saturated carbocycles. The van der Waals surface area contributed by atoms with Crippen LogP contribution in [0.2, 0.25) is 0 Å². The second kappa shape index (κ2) is 9.03. The zero-order chi connectivity index (χ0) is 22.0. The van der Waals surface area contributed by atoms with Crippen LogP contribution in [-0.4, -0.2) is 21.0 Å². The first kappa shape index (κ1) is 21.3. The van der Waals surface area contributed by atoms with Crippen molar-refractivity contribution in [1.82, 2.24) is 15.1 Å². The molecule has 1 aromatic carbocycles. The molecule has 4 rings (SSSR count). The van der Waals surface area contributed by atoms with Gasteiger partial charge in [0.25, 0.3) is 5.91 Å². The molecule has 0 aliphatic carbocycles. The lowest BCUT2D eigenvalue weighted by molar-refractivity contribution is 0.102. The third kappa shape index (κ3) is 4.70. The molecule has 0 bridgehead atoms.